The predicted molar refractivity (Wildman–Crippen MR) is 59.4 cm³/mol. The number of nitrogens with one attached hydrogen (secondary N) is 2. The molecule has 7 nitrogen and oxygen atoms in total. The predicted octanol–water partition coefficient (Wildman–Crippen LogP) is -0.619. The van der Waals surface area contributed by atoms with Crippen molar-refractivity contribution in [2.45, 2.75) is 25.8 Å². The van der Waals surface area contributed by atoms with Gasteiger partial charge in [-0.2, -0.15) is 0 Å². The Morgan fingerprint density at radius 3 is 2.76 bits per heavy atom. The molecule has 1 atom stereocenters. The molecule has 96 valence electrons. The van der Waals surface area contributed by atoms with E-state index >= 15 is 0 Å². The van der Waals surface area contributed by atoms with E-state index in [4.69, 9.17) is 5.11 Å². The molecule has 1 fully saturated rings. The third-order valence-corrected chi connectivity index (χ3v) is 2.57. The lowest BCUT2D eigenvalue weighted by atomic mass is 10.2. The topological polar surface area (TPSA) is 98.7 Å². The van der Waals surface area contributed by atoms with Crippen LogP contribution >= 0.6 is 0 Å². The van der Waals surface area contributed by atoms with E-state index in [2.05, 4.69) is 10.6 Å². The van der Waals surface area contributed by atoms with E-state index in [1.54, 1.807) is 6.92 Å². The first-order valence-corrected chi connectivity index (χ1v) is 5.56. The normalized spacial score (nSPS) is 18.6. The Bertz CT molecular complexity index is 319. The number of rotatable bonds is 5. The highest BCUT2D eigenvalue weighted by molar-refractivity contribution is 5.81. The van der Waals surface area contributed by atoms with Crippen molar-refractivity contribution < 1.29 is 19.5 Å². The molecule has 17 heavy (non-hydrogen) atoms. The number of carboxylic acid groups (broad SMARTS) is 1. The van der Waals surface area contributed by atoms with Crippen LogP contribution in [0.25, 0.3) is 0 Å². The second-order valence-electron chi connectivity index (χ2n) is 3.88. The Kier molecular flexibility index (Phi) is 4.74. The molecule has 0 saturated carbocycles. The van der Waals surface area contributed by atoms with Crippen molar-refractivity contribution in [1.82, 2.24) is 15.5 Å². The van der Waals surface area contributed by atoms with Gasteiger partial charge in [0.25, 0.3) is 0 Å². The largest absolute Gasteiger partial charge is 0.481 e. The van der Waals surface area contributed by atoms with Gasteiger partial charge in [0.15, 0.2) is 0 Å². The van der Waals surface area contributed by atoms with Gasteiger partial charge < -0.3 is 20.6 Å². The molecule has 1 heterocycles. The molecule has 7 heteroatoms. The Balaban J connectivity index is 2.37. The van der Waals surface area contributed by atoms with Crippen molar-refractivity contribution >= 4 is 17.9 Å². The third-order valence-electron chi connectivity index (χ3n) is 2.57. The molecular formula is C10H17N3O4. The number of carboxylic acids is 1. The molecule has 1 aliphatic rings. The molecule has 1 unspecified atom stereocenters. The fourth-order valence-corrected chi connectivity index (χ4v) is 1.61. The van der Waals surface area contributed by atoms with E-state index in [-0.39, 0.29) is 37.4 Å². The number of nitrogens with zero attached hydrogens (tertiary/aromatic N) is 1. The summed E-state index contributed by atoms with van der Waals surface area (Å²) in [4.78, 5) is 34.5. The highest BCUT2D eigenvalue weighted by Gasteiger charge is 2.24. The fraction of sp³-hybridized carbons (Fsp3) is 0.700. The number of carbonyl (C=O) groups is 3. The summed E-state index contributed by atoms with van der Waals surface area (Å²) in [6.45, 7) is 2.82. The smallest absolute Gasteiger partial charge is 0.317 e. The maximum absolute atomic E-state index is 11.7. The monoisotopic (exact) mass is 243 g/mol. The van der Waals surface area contributed by atoms with E-state index in [9.17, 15) is 14.4 Å². The van der Waals surface area contributed by atoms with E-state index in [1.165, 1.54) is 4.90 Å². The molecule has 0 spiro atoms. The van der Waals surface area contributed by atoms with Crippen molar-refractivity contribution in [3.05, 3.63) is 0 Å². The SMILES string of the molecule is CCN(CCC(=O)O)C(=O)NC1CNC(=O)C1. The van der Waals surface area contributed by atoms with Crippen LogP contribution in [-0.2, 0) is 9.59 Å². The van der Waals surface area contributed by atoms with Gasteiger partial charge in [0.1, 0.15) is 0 Å². The minimum Gasteiger partial charge on any atom is -0.481 e. The van der Waals surface area contributed by atoms with E-state index in [1.807, 2.05) is 0 Å². The number of carbonyl (C=O) groups excluding carboxylic acids is 2. The average Bonchev–Trinajstić information content (AvgIpc) is 2.64. The van der Waals surface area contributed by atoms with Gasteiger partial charge in [-0.15, -0.1) is 0 Å². The number of hydrogen-bond donors (Lipinski definition) is 3. The van der Waals surface area contributed by atoms with Crippen LogP contribution in [0.15, 0.2) is 0 Å². The van der Waals surface area contributed by atoms with E-state index < -0.39 is 5.97 Å². The Hall–Kier alpha value is -1.79. The number of aliphatic carboxylic acids is 1. The van der Waals surface area contributed by atoms with Gasteiger partial charge in [0, 0.05) is 26.1 Å². The van der Waals surface area contributed by atoms with E-state index in [0.29, 0.717) is 13.1 Å². The highest BCUT2D eigenvalue weighted by atomic mass is 16.4. The van der Waals surface area contributed by atoms with Gasteiger partial charge in [0.05, 0.1) is 12.5 Å². The molecule has 0 radical (unpaired) electrons. The third kappa shape index (κ3) is 4.29. The summed E-state index contributed by atoms with van der Waals surface area (Å²) in [6, 6.07) is -0.524. The molecule has 3 N–H and O–H groups in total. The van der Waals surface area contributed by atoms with Crippen molar-refractivity contribution in [2.24, 2.45) is 0 Å². The fourth-order valence-electron chi connectivity index (χ4n) is 1.61. The molecule has 1 saturated heterocycles. The first-order chi connectivity index (χ1) is 8.02. The summed E-state index contributed by atoms with van der Waals surface area (Å²) < 4.78 is 0. The molecule has 1 rings (SSSR count). The van der Waals surface area contributed by atoms with Crippen LogP contribution in [0, 0.1) is 0 Å². The first-order valence-electron chi connectivity index (χ1n) is 5.56. The van der Waals surface area contributed by atoms with Crippen LogP contribution in [-0.4, -0.2) is 53.6 Å². The van der Waals surface area contributed by atoms with Crippen molar-refractivity contribution in [2.75, 3.05) is 19.6 Å². The summed E-state index contributed by atoms with van der Waals surface area (Å²) >= 11 is 0. The zero-order valence-electron chi connectivity index (χ0n) is 9.73. The van der Waals surface area contributed by atoms with Gasteiger partial charge >= 0.3 is 12.0 Å². The molecule has 0 aromatic heterocycles. The first kappa shape index (κ1) is 13.3. The lowest BCUT2D eigenvalue weighted by Gasteiger charge is -2.22. The van der Waals surface area contributed by atoms with Crippen LogP contribution < -0.4 is 10.6 Å². The number of urea groups is 1. The Morgan fingerprint density at radius 2 is 2.29 bits per heavy atom. The summed E-state index contributed by atoms with van der Waals surface area (Å²) in [5.41, 5.74) is 0. The lowest BCUT2D eigenvalue weighted by molar-refractivity contribution is -0.137. The standard InChI is InChI=1S/C10H17N3O4/c1-2-13(4-3-9(15)16)10(17)12-7-5-8(14)11-6-7/h7H,2-6H2,1H3,(H,11,14)(H,12,17)(H,15,16). The molecule has 0 bridgehead atoms. The van der Waals surface area contributed by atoms with Crippen LogP contribution in [0.4, 0.5) is 4.79 Å². The van der Waals surface area contributed by atoms with Gasteiger partial charge in [-0.1, -0.05) is 0 Å². The molecule has 3 amide bonds. The van der Waals surface area contributed by atoms with Gasteiger partial charge in [-0.3, -0.25) is 9.59 Å². The summed E-state index contributed by atoms with van der Waals surface area (Å²) in [7, 11) is 0. The summed E-state index contributed by atoms with van der Waals surface area (Å²) in [5.74, 6) is -1.02. The number of amides is 3. The molecular weight excluding hydrogens is 226 g/mol. The lowest BCUT2D eigenvalue weighted by Crippen LogP contribution is -2.46. The molecule has 0 aliphatic carbocycles. The zero-order chi connectivity index (χ0) is 12.8. The Morgan fingerprint density at radius 1 is 1.59 bits per heavy atom. The number of hydrogen-bond acceptors (Lipinski definition) is 3. The van der Waals surface area contributed by atoms with Crippen LogP contribution in [0.3, 0.4) is 0 Å². The van der Waals surface area contributed by atoms with Crippen molar-refractivity contribution in [3.63, 3.8) is 0 Å². The minimum atomic E-state index is -0.936. The molecule has 0 aromatic rings. The van der Waals surface area contributed by atoms with E-state index in [0.717, 1.165) is 0 Å². The summed E-state index contributed by atoms with van der Waals surface area (Å²) in [6.07, 6.45) is 0.200. The van der Waals surface area contributed by atoms with Gasteiger partial charge in [-0.05, 0) is 6.92 Å². The molecule has 0 aromatic carbocycles. The molecule has 1 aliphatic heterocycles. The van der Waals surface area contributed by atoms with Crippen LogP contribution in [0.1, 0.15) is 19.8 Å². The zero-order valence-corrected chi connectivity index (χ0v) is 9.73. The van der Waals surface area contributed by atoms with Crippen LogP contribution in [0.2, 0.25) is 0 Å². The Labute approximate surface area is 99.2 Å². The maximum Gasteiger partial charge on any atom is 0.317 e. The van der Waals surface area contributed by atoms with Gasteiger partial charge in [-0.25, -0.2) is 4.79 Å². The van der Waals surface area contributed by atoms with Crippen molar-refractivity contribution in [1.29, 1.82) is 0 Å². The quantitative estimate of drug-likeness (QED) is 0.599. The van der Waals surface area contributed by atoms with Crippen molar-refractivity contribution in [3.8, 4) is 0 Å². The summed E-state index contributed by atoms with van der Waals surface area (Å²) in [5, 5.41) is 13.9. The second-order valence-corrected chi connectivity index (χ2v) is 3.88. The van der Waals surface area contributed by atoms with Gasteiger partial charge in [0.2, 0.25) is 5.91 Å². The minimum absolute atomic E-state index is 0.0797. The average molecular weight is 243 g/mol. The highest BCUT2D eigenvalue weighted by Crippen LogP contribution is 2.01. The van der Waals surface area contributed by atoms with Crippen LogP contribution in [0.5, 0.6) is 0 Å². The maximum atomic E-state index is 11.7. The second kappa shape index (κ2) is 6.07.